The molecule has 2 aromatic heterocycles. The summed E-state index contributed by atoms with van der Waals surface area (Å²) in [4.78, 5) is 21.7. The van der Waals surface area contributed by atoms with Gasteiger partial charge in [-0.3, -0.25) is 9.69 Å². The predicted molar refractivity (Wildman–Crippen MR) is 112 cm³/mol. The lowest BCUT2D eigenvalue weighted by Crippen LogP contribution is -2.47. The van der Waals surface area contributed by atoms with Crippen LogP contribution in [0.5, 0.6) is 0 Å². The van der Waals surface area contributed by atoms with Crippen LogP contribution in [0.15, 0.2) is 57.7 Å². The van der Waals surface area contributed by atoms with E-state index in [0.29, 0.717) is 23.9 Å². The van der Waals surface area contributed by atoms with Crippen molar-refractivity contribution < 1.29 is 13.7 Å². The van der Waals surface area contributed by atoms with Gasteiger partial charge in [0.1, 0.15) is 0 Å². The van der Waals surface area contributed by atoms with E-state index < -0.39 is 0 Å². The maximum Gasteiger partial charge on any atom is 0.238 e. The van der Waals surface area contributed by atoms with Crippen molar-refractivity contribution in [3.05, 3.63) is 60.2 Å². The first kappa shape index (κ1) is 20.3. The third kappa shape index (κ3) is 5.34. The van der Waals surface area contributed by atoms with Gasteiger partial charge in [-0.25, -0.2) is 0 Å². The quantitative estimate of drug-likeness (QED) is 0.611. The highest BCUT2D eigenvalue weighted by molar-refractivity contribution is 5.76. The van der Waals surface area contributed by atoms with Crippen LogP contribution >= 0.6 is 0 Å². The van der Waals surface area contributed by atoms with E-state index in [1.54, 1.807) is 18.4 Å². The van der Waals surface area contributed by atoms with Crippen molar-refractivity contribution in [2.75, 3.05) is 39.8 Å². The number of furan rings is 1. The van der Waals surface area contributed by atoms with Gasteiger partial charge in [-0.2, -0.15) is 4.98 Å². The molecule has 0 bridgehead atoms. The molecule has 1 unspecified atom stereocenters. The third-order valence-corrected chi connectivity index (χ3v) is 5.35. The molecule has 1 aromatic carbocycles. The standard InChI is InChI=1S/C22H27N5O3/c1-26-11-13-27(14-12-26)16-18(17-6-3-2-4-7-17)23-20(28)9-10-21-24-22(25-30-21)19-8-5-15-29-19/h2-8,15,18H,9-14,16H2,1H3,(H,23,28). The average molecular weight is 409 g/mol. The van der Waals surface area contributed by atoms with Crippen LogP contribution in [0, 0.1) is 0 Å². The molecule has 1 amide bonds. The van der Waals surface area contributed by atoms with Crippen LogP contribution in [0.2, 0.25) is 0 Å². The fourth-order valence-corrected chi connectivity index (χ4v) is 3.56. The molecule has 3 heterocycles. The van der Waals surface area contributed by atoms with E-state index in [4.69, 9.17) is 8.94 Å². The number of nitrogens with one attached hydrogen (secondary N) is 1. The van der Waals surface area contributed by atoms with Gasteiger partial charge in [-0.15, -0.1) is 0 Å². The smallest absolute Gasteiger partial charge is 0.238 e. The van der Waals surface area contributed by atoms with Crippen molar-refractivity contribution in [3.8, 4) is 11.6 Å². The summed E-state index contributed by atoms with van der Waals surface area (Å²) in [6.07, 6.45) is 2.23. The van der Waals surface area contributed by atoms with E-state index in [9.17, 15) is 4.79 Å². The zero-order valence-corrected chi connectivity index (χ0v) is 17.2. The van der Waals surface area contributed by atoms with E-state index in [2.05, 4.69) is 44.4 Å². The van der Waals surface area contributed by atoms with Gasteiger partial charge in [0.25, 0.3) is 0 Å². The van der Waals surface area contributed by atoms with Gasteiger partial charge in [0, 0.05) is 45.6 Å². The Labute approximate surface area is 175 Å². The van der Waals surface area contributed by atoms with Crippen LogP contribution in [0.25, 0.3) is 11.6 Å². The van der Waals surface area contributed by atoms with E-state index in [0.717, 1.165) is 38.3 Å². The second-order valence-corrected chi connectivity index (χ2v) is 7.62. The summed E-state index contributed by atoms with van der Waals surface area (Å²) in [7, 11) is 2.14. The summed E-state index contributed by atoms with van der Waals surface area (Å²) in [5, 5.41) is 7.10. The summed E-state index contributed by atoms with van der Waals surface area (Å²) in [6, 6.07) is 13.6. The summed E-state index contributed by atoms with van der Waals surface area (Å²) in [5.41, 5.74) is 1.11. The van der Waals surface area contributed by atoms with Crippen LogP contribution in [-0.2, 0) is 11.2 Å². The predicted octanol–water partition coefficient (Wildman–Crippen LogP) is 2.37. The number of hydrogen-bond donors (Lipinski definition) is 1. The molecule has 0 aliphatic carbocycles. The molecule has 1 saturated heterocycles. The van der Waals surface area contributed by atoms with Crippen molar-refractivity contribution in [2.45, 2.75) is 18.9 Å². The number of aryl methyl sites for hydroxylation is 1. The average Bonchev–Trinajstić information content (AvgIpc) is 3.46. The monoisotopic (exact) mass is 409 g/mol. The van der Waals surface area contributed by atoms with Crippen molar-refractivity contribution >= 4 is 5.91 Å². The van der Waals surface area contributed by atoms with Crippen molar-refractivity contribution in [1.82, 2.24) is 25.3 Å². The lowest BCUT2D eigenvalue weighted by Gasteiger charge is -2.35. The number of piperazine rings is 1. The molecule has 8 heteroatoms. The molecule has 3 aromatic rings. The minimum Gasteiger partial charge on any atom is -0.461 e. The van der Waals surface area contributed by atoms with Crippen LogP contribution in [0.3, 0.4) is 0 Å². The number of rotatable bonds is 8. The Hall–Kier alpha value is -2.97. The molecule has 30 heavy (non-hydrogen) atoms. The molecule has 1 N–H and O–H groups in total. The molecular weight excluding hydrogens is 382 g/mol. The van der Waals surface area contributed by atoms with Gasteiger partial charge in [0.2, 0.25) is 17.6 Å². The number of benzene rings is 1. The van der Waals surface area contributed by atoms with Crippen LogP contribution in [0.4, 0.5) is 0 Å². The van der Waals surface area contributed by atoms with Crippen molar-refractivity contribution in [3.63, 3.8) is 0 Å². The highest BCUT2D eigenvalue weighted by atomic mass is 16.5. The largest absolute Gasteiger partial charge is 0.461 e. The lowest BCUT2D eigenvalue weighted by molar-refractivity contribution is -0.122. The minimum absolute atomic E-state index is 0.0317. The Bertz CT molecular complexity index is 917. The first-order chi connectivity index (χ1) is 14.7. The molecule has 1 fully saturated rings. The van der Waals surface area contributed by atoms with Crippen molar-refractivity contribution in [2.24, 2.45) is 0 Å². The van der Waals surface area contributed by atoms with Gasteiger partial charge in [0.15, 0.2) is 5.76 Å². The highest BCUT2D eigenvalue weighted by Crippen LogP contribution is 2.18. The fourth-order valence-electron chi connectivity index (χ4n) is 3.56. The molecule has 1 atom stereocenters. The SMILES string of the molecule is CN1CCN(CC(NC(=O)CCc2nc(-c3ccco3)no2)c2ccccc2)CC1. The number of amides is 1. The van der Waals surface area contributed by atoms with Crippen LogP contribution in [0.1, 0.15) is 23.9 Å². The molecule has 158 valence electrons. The number of carbonyl (C=O) groups is 1. The topological polar surface area (TPSA) is 87.6 Å². The van der Waals surface area contributed by atoms with E-state index >= 15 is 0 Å². The van der Waals surface area contributed by atoms with Gasteiger partial charge in [-0.05, 0) is 24.7 Å². The molecule has 0 saturated carbocycles. The first-order valence-corrected chi connectivity index (χ1v) is 10.3. The Morgan fingerprint density at radius 2 is 1.93 bits per heavy atom. The molecule has 1 aliphatic heterocycles. The minimum atomic E-state index is -0.0523. The molecule has 8 nitrogen and oxygen atoms in total. The van der Waals surface area contributed by atoms with Crippen molar-refractivity contribution in [1.29, 1.82) is 0 Å². The maximum atomic E-state index is 12.7. The van der Waals surface area contributed by atoms with E-state index in [1.165, 1.54) is 0 Å². The second-order valence-electron chi connectivity index (χ2n) is 7.62. The van der Waals surface area contributed by atoms with Crippen LogP contribution < -0.4 is 5.32 Å². The third-order valence-electron chi connectivity index (χ3n) is 5.35. The number of aromatic nitrogens is 2. The Morgan fingerprint density at radius 1 is 1.13 bits per heavy atom. The summed E-state index contributed by atoms with van der Waals surface area (Å²) >= 11 is 0. The summed E-state index contributed by atoms with van der Waals surface area (Å²) in [5.74, 6) is 1.33. The van der Waals surface area contributed by atoms with E-state index in [-0.39, 0.29) is 18.4 Å². The number of hydrogen-bond acceptors (Lipinski definition) is 7. The van der Waals surface area contributed by atoms with Crippen LogP contribution in [-0.4, -0.2) is 65.6 Å². The van der Waals surface area contributed by atoms with Gasteiger partial charge >= 0.3 is 0 Å². The molecular formula is C22H27N5O3. The summed E-state index contributed by atoms with van der Waals surface area (Å²) in [6.45, 7) is 4.91. The zero-order chi connectivity index (χ0) is 20.8. The number of carbonyl (C=O) groups excluding carboxylic acids is 1. The fraction of sp³-hybridized carbons (Fsp3) is 0.409. The van der Waals surface area contributed by atoms with Gasteiger partial charge < -0.3 is 19.2 Å². The van der Waals surface area contributed by atoms with E-state index in [1.807, 2.05) is 18.2 Å². The Morgan fingerprint density at radius 3 is 2.67 bits per heavy atom. The highest BCUT2D eigenvalue weighted by Gasteiger charge is 2.21. The van der Waals surface area contributed by atoms with Gasteiger partial charge in [-0.1, -0.05) is 35.5 Å². The molecule has 0 radical (unpaired) electrons. The number of likely N-dealkylation sites (N-methyl/N-ethyl adjacent to an activating group) is 1. The Balaban J connectivity index is 1.34. The molecule has 4 rings (SSSR count). The molecule has 1 aliphatic rings. The Kier molecular flexibility index (Phi) is 6.56. The van der Waals surface area contributed by atoms with Gasteiger partial charge in [0.05, 0.1) is 12.3 Å². The normalized spacial score (nSPS) is 16.4. The number of nitrogens with zero attached hydrogens (tertiary/aromatic N) is 4. The zero-order valence-electron chi connectivity index (χ0n) is 17.2. The molecule has 0 spiro atoms. The maximum absolute atomic E-state index is 12.7. The second kappa shape index (κ2) is 9.69. The summed E-state index contributed by atoms with van der Waals surface area (Å²) < 4.78 is 10.5. The lowest BCUT2D eigenvalue weighted by atomic mass is 10.1. The first-order valence-electron chi connectivity index (χ1n) is 10.3.